The lowest BCUT2D eigenvalue weighted by Crippen LogP contribution is -1.91. The van der Waals surface area contributed by atoms with Crippen LogP contribution in [-0.4, -0.2) is 5.78 Å². The number of rotatable bonds is 4. The summed E-state index contributed by atoms with van der Waals surface area (Å²) in [5.74, 6) is 0.218. The highest BCUT2D eigenvalue weighted by molar-refractivity contribution is 7.12. The average Bonchev–Trinajstić information content (AvgIpc) is 2.50. The van der Waals surface area contributed by atoms with Gasteiger partial charge in [0, 0.05) is 16.2 Å². The second kappa shape index (κ2) is 4.78. The first-order valence-electron chi connectivity index (χ1n) is 4.16. The number of Topliss-reactive ketones (excluding diaryl/α,β-unsaturated/α-hetero) is 1. The molecule has 68 valence electrons. The van der Waals surface area contributed by atoms with Gasteiger partial charge in [-0.25, -0.2) is 0 Å². The summed E-state index contributed by atoms with van der Waals surface area (Å²) < 4.78 is 0. The van der Waals surface area contributed by atoms with E-state index in [1.54, 1.807) is 18.3 Å². The molecule has 13 heavy (non-hydrogen) atoms. The molecule has 1 aromatic heterocycles. The van der Waals surface area contributed by atoms with Gasteiger partial charge in [0.05, 0.1) is 12.5 Å². The second-order valence-corrected chi connectivity index (χ2v) is 4.16. The van der Waals surface area contributed by atoms with Gasteiger partial charge in [0.1, 0.15) is 5.78 Å². The molecule has 0 aliphatic heterocycles. The number of aryl methyl sites for hydroxylation is 1. The topological polar surface area (TPSA) is 40.9 Å². The van der Waals surface area contributed by atoms with Crippen LogP contribution in [0.1, 0.15) is 23.1 Å². The monoisotopic (exact) mass is 193 g/mol. The van der Waals surface area contributed by atoms with Gasteiger partial charge in [-0.15, -0.1) is 11.3 Å². The van der Waals surface area contributed by atoms with Crippen molar-refractivity contribution in [2.24, 2.45) is 0 Å². The van der Waals surface area contributed by atoms with Gasteiger partial charge in [0.15, 0.2) is 0 Å². The van der Waals surface area contributed by atoms with E-state index in [1.165, 1.54) is 4.88 Å². The van der Waals surface area contributed by atoms with E-state index in [0.717, 1.165) is 11.3 Å². The van der Waals surface area contributed by atoms with Crippen molar-refractivity contribution >= 4 is 17.1 Å². The van der Waals surface area contributed by atoms with Crippen molar-refractivity contribution in [3.8, 4) is 6.07 Å². The quantitative estimate of drug-likeness (QED) is 0.736. The van der Waals surface area contributed by atoms with Gasteiger partial charge in [-0.1, -0.05) is 0 Å². The van der Waals surface area contributed by atoms with Crippen molar-refractivity contribution in [1.29, 1.82) is 5.26 Å². The summed E-state index contributed by atoms with van der Waals surface area (Å²) in [5.41, 5.74) is 0. The fourth-order valence-electron chi connectivity index (χ4n) is 1.03. The van der Waals surface area contributed by atoms with E-state index in [4.69, 9.17) is 5.26 Å². The van der Waals surface area contributed by atoms with Crippen LogP contribution < -0.4 is 0 Å². The van der Waals surface area contributed by atoms with E-state index >= 15 is 0 Å². The van der Waals surface area contributed by atoms with Crippen molar-refractivity contribution in [3.63, 3.8) is 0 Å². The molecule has 0 unspecified atom stereocenters. The summed E-state index contributed by atoms with van der Waals surface area (Å²) in [4.78, 5) is 13.0. The highest BCUT2D eigenvalue weighted by Crippen LogP contribution is 2.18. The molecule has 0 amide bonds. The maximum Gasteiger partial charge on any atom is 0.130 e. The number of nitriles is 1. The summed E-state index contributed by atoms with van der Waals surface area (Å²) >= 11 is 1.62. The minimum atomic E-state index is 0.218. The Hall–Kier alpha value is -1.14. The molecular formula is C10H11NOS. The molecule has 1 heterocycles. The molecule has 0 aromatic carbocycles. The third-order valence-electron chi connectivity index (χ3n) is 1.69. The first kappa shape index (κ1) is 9.94. The molecule has 0 aliphatic carbocycles. The van der Waals surface area contributed by atoms with Gasteiger partial charge in [-0.2, -0.15) is 5.26 Å². The number of nitrogens with zero attached hydrogens (tertiary/aromatic N) is 1. The summed E-state index contributed by atoms with van der Waals surface area (Å²) in [5, 5.41) is 8.45. The SMILES string of the molecule is CC(=O)CCc1ccc(CC#N)s1. The molecule has 1 aromatic rings. The van der Waals surface area contributed by atoms with Crippen LogP contribution in [0.3, 0.4) is 0 Å². The minimum Gasteiger partial charge on any atom is -0.300 e. The van der Waals surface area contributed by atoms with Crippen LogP contribution >= 0.6 is 11.3 Å². The third-order valence-corrected chi connectivity index (χ3v) is 2.84. The Morgan fingerprint density at radius 2 is 2.23 bits per heavy atom. The first-order valence-corrected chi connectivity index (χ1v) is 4.98. The van der Waals surface area contributed by atoms with Crippen molar-refractivity contribution in [3.05, 3.63) is 21.9 Å². The van der Waals surface area contributed by atoms with Crippen LogP contribution in [0.2, 0.25) is 0 Å². The zero-order valence-corrected chi connectivity index (χ0v) is 8.36. The average molecular weight is 193 g/mol. The highest BCUT2D eigenvalue weighted by atomic mass is 32.1. The molecule has 1 rings (SSSR count). The Kier molecular flexibility index (Phi) is 3.66. The highest BCUT2D eigenvalue weighted by Gasteiger charge is 2.01. The molecule has 0 radical (unpaired) electrons. The van der Waals surface area contributed by atoms with E-state index < -0.39 is 0 Å². The summed E-state index contributed by atoms with van der Waals surface area (Å²) in [6.07, 6.45) is 1.89. The Morgan fingerprint density at radius 1 is 1.54 bits per heavy atom. The second-order valence-electron chi connectivity index (χ2n) is 2.90. The van der Waals surface area contributed by atoms with E-state index in [2.05, 4.69) is 6.07 Å². The smallest absolute Gasteiger partial charge is 0.130 e. The first-order chi connectivity index (χ1) is 6.22. The molecule has 0 saturated carbocycles. The molecule has 0 bridgehead atoms. The van der Waals surface area contributed by atoms with Crippen molar-refractivity contribution < 1.29 is 4.79 Å². The number of carbonyl (C=O) groups is 1. The number of hydrogen-bond donors (Lipinski definition) is 0. The molecule has 2 nitrogen and oxygen atoms in total. The molecular weight excluding hydrogens is 182 g/mol. The van der Waals surface area contributed by atoms with Gasteiger partial charge in [-0.05, 0) is 25.5 Å². The van der Waals surface area contributed by atoms with E-state index in [1.807, 2.05) is 12.1 Å². The molecule has 3 heteroatoms. The fraction of sp³-hybridized carbons (Fsp3) is 0.400. The molecule has 0 aliphatic rings. The molecule has 0 N–H and O–H groups in total. The Bertz CT molecular complexity index is 335. The van der Waals surface area contributed by atoms with Gasteiger partial charge in [0.2, 0.25) is 0 Å². The minimum absolute atomic E-state index is 0.218. The van der Waals surface area contributed by atoms with Gasteiger partial charge in [-0.3, -0.25) is 0 Å². The van der Waals surface area contributed by atoms with Gasteiger partial charge >= 0.3 is 0 Å². The van der Waals surface area contributed by atoms with Crippen LogP contribution in [0.25, 0.3) is 0 Å². The van der Waals surface area contributed by atoms with Gasteiger partial charge in [0.25, 0.3) is 0 Å². The van der Waals surface area contributed by atoms with Crippen LogP contribution in [-0.2, 0) is 17.6 Å². The fourth-order valence-corrected chi connectivity index (χ4v) is 1.98. The number of hydrogen-bond acceptors (Lipinski definition) is 3. The largest absolute Gasteiger partial charge is 0.300 e. The lowest BCUT2D eigenvalue weighted by molar-refractivity contribution is -0.116. The van der Waals surface area contributed by atoms with Crippen LogP contribution in [0.15, 0.2) is 12.1 Å². The third kappa shape index (κ3) is 3.39. The predicted molar refractivity (Wildman–Crippen MR) is 52.6 cm³/mol. The predicted octanol–water partition coefficient (Wildman–Crippen LogP) is 2.34. The van der Waals surface area contributed by atoms with Crippen molar-refractivity contribution in [2.45, 2.75) is 26.2 Å². The van der Waals surface area contributed by atoms with Gasteiger partial charge < -0.3 is 4.79 Å². The lowest BCUT2D eigenvalue weighted by atomic mass is 10.2. The maximum atomic E-state index is 10.7. The molecule has 0 atom stereocenters. The zero-order valence-electron chi connectivity index (χ0n) is 7.54. The Balaban J connectivity index is 2.50. The maximum absolute atomic E-state index is 10.7. The number of thiophene rings is 1. The zero-order chi connectivity index (χ0) is 9.68. The lowest BCUT2D eigenvalue weighted by Gasteiger charge is -1.91. The van der Waals surface area contributed by atoms with Crippen LogP contribution in [0.5, 0.6) is 0 Å². The normalized spacial score (nSPS) is 9.54. The number of carbonyl (C=O) groups excluding carboxylic acids is 1. The van der Waals surface area contributed by atoms with E-state index in [9.17, 15) is 4.79 Å². The standard InChI is InChI=1S/C10H11NOS/c1-8(12)2-3-9-4-5-10(13-9)6-7-11/h4-5H,2-3,6H2,1H3. The summed E-state index contributed by atoms with van der Waals surface area (Å²) in [7, 11) is 0. The van der Waals surface area contributed by atoms with Crippen molar-refractivity contribution in [1.82, 2.24) is 0 Å². The summed E-state index contributed by atoms with van der Waals surface area (Å²) in [6.45, 7) is 1.60. The number of ketones is 1. The van der Waals surface area contributed by atoms with Crippen LogP contribution in [0.4, 0.5) is 0 Å². The van der Waals surface area contributed by atoms with Crippen LogP contribution in [0, 0.1) is 11.3 Å². The molecule has 0 saturated heterocycles. The Labute approximate surface area is 81.8 Å². The summed E-state index contributed by atoms with van der Waals surface area (Å²) in [6, 6.07) is 6.07. The van der Waals surface area contributed by atoms with E-state index in [0.29, 0.717) is 12.8 Å². The molecule has 0 fully saturated rings. The van der Waals surface area contributed by atoms with E-state index in [-0.39, 0.29) is 5.78 Å². The molecule has 0 spiro atoms. The van der Waals surface area contributed by atoms with Crippen molar-refractivity contribution in [2.75, 3.05) is 0 Å². The Morgan fingerprint density at radius 3 is 2.85 bits per heavy atom.